The second kappa shape index (κ2) is 2.57. The van der Waals surface area contributed by atoms with Crippen molar-refractivity contribution in [2.45, 2.75) is 12.8 Å². The van der Waals surface area contributed by atoms with E-state index in [0.29, 0.717) is 5.56 Å². The summed E-state index contributed by atoms with van der Waals surface area (Å²) in [5.74, 6) is -2.87. The SMILES string of the molecule is [CH2]c1ccnc(C(C)(F)F)c1. The maximum absolute atomic E-state index is 12.5. The number of hydrogen-bond donors (Lipinski definition) is 0. The lowest BCUT2D eigenvalue weighted by molar-refractivity contribution is 0.0127. The molecule has 1 radical (unpaired) electrons. The minimum Gasteiger partial charge on any atom is -0.255 e. The molecule has 0 atom stereocenters. The molecule has 0 saturated carbocycles. The Bertz CT molecular complexity index is 253. The molecule has 0 aliphatic heterocycles. The highest BCUT2D eigenvalue weighted by Gasteiger charge is 2.25. The van der Waals surface area contributed by atoms with E-state index in [1.165, 1.54) is 12.3 Å². The van der Waals surface area contributed by atoms with Gasteiger partial charge in [-0.1, -0.05) is 0 Å². The first-order valence-corrected chi connectivity index (χ1v) is 3.16. The van der Waals surface area contributed by atoms with Gasteiger partial charge in [0.1, 0.15) is 5.69 Å². The van der Waals surface area contributed by atoms with Gasteiger partial charge in [-0.25, -0.2) is 0 Å². The first-order valence-electron chi connectivity index (χ1n) is 3.16. The van der Waals surface area contributed by atoms with Crippen molar-refractivity contribution in [3.8, 4) is 0 Å². The largest absolute Gasteiger partial charge is 0.286 e. The summed E-state index contributed by atoms with van der Waals surface area (Å²) in [4.78, 5) is 3.52. The summed E-state index contributed by atoms with van der Waals surface area (Å²) in [6.07, 6.45) is 1.33. The zero-order chi connectivity index (χ0) is 8.48. The van der Waals surface area contributed by atoms with E-state index in [1.54, 1.807) is 6.07 Å². The van der Waals surface area contributed by atoms with Crippen molar-refractivity contribution >= 4 is 0 Å². The maximum atomic E-state index is 12.5. The first-order chi connectivity index (χ1) is 5.00. The Balaban J connectivity index is 3.06. The highest BCUT2D eigenvalue weighted by atomic mass is 19.3. The molecule has 0 N–H and O–H groups in total. The molecule has 0 amide bonds. The van der Waals surface area contributed by atoms with Gasteiger partial charge >= 0.3 is 0 Å². The van der Waals surface area contributed by atoms with Crippen LogP contribution in [0.3, 0.4) is 0 Å². The molecule has 1 aromatic rings. The third kappa shape index (κ3) is 1.97. The minimum absolute atomic E-state index is 0.231. The standard InChI is InChI=1S/C8H8F2N/c1-6-3-4-11-7(5-6)8(2,9)10/h3-5H,1H2,2H3. The number of pyridine rings is 1. The third-order valence-electron chi connectivity index (χ3n) is 1.27. The van der Waals surface area contributed by atoms with Crippen LogP contribution in [0.2, 0.25) is 0 Å². The third-order valence-corrected chi connectivity index (χ3v) is 1.27. The maximum Gasteiger partial charge on any atom is 0.286 e. The van der Waals surface area contributed by atoms with Gasteiger partial charge in [0.2, 0.25) is 0 Å². The van der Waals surface area contributed by atoms with Crippen LogP contribution in [0.5, 0.6) is 0 Å². The van der Waals surface area contributed by atoms with Crippen molar-refractivity contribution in [3.05, 3.63) is 36.5 Å². The van der Waals surface area contributed by atoms with Crippen LogP contribution in [0.1, 0.15) is 18.2 Å². The van der Waals surface area contributed by atoms with E-state index in [-0.39, 0.29) is 5.69 Å². The van der Waals surface area contributed by atoms with Crippen LogP contribution < -0.4 is 0 Å². The molecule has 1 rings (SSSR count). The average molecular weight is 156 g/mol. The van der Waals surface area contributed by atoms with E-state index in [1.807, 2.05) is 0 Å². The Morgan fingerprint density at radius 3 is 2.55 bits per heavy atom. The molecule has 0 aliphatic rings. The van der Waals surface area contributed by atoms with Crippen molar-refractivity contribution in [2.24, 2.45) is 0 Å². The van der Waals surface area contributed by atoms with Gasteiger partial charge in [0, 0.05) is 13.1 Å². The van der Waals surface area contributed by atoms with Crippen molar-refractivity contribution in [2.75, 3.05) is 0 Å². The number of rotatable bonds is 1. The second-order valence-corrected chi connectivity index (χ2v) is 2.44. The Morgan fingerprint density at radius 2 is 2.18 bits per heavy atom. The number of hydrogen-bond acceptors (Lipinski definition) is 1. The monoisotopic (exact) mass is 156 g/mol. The minimum atomic E-state index is -2.87. The molecule has 0 saturated heterocycles. The molecule has 11 heavy (non-hydrogen) atoms. The quantitative estimate of drug-likeness (QED) is 0.608. The molecule has 0 aliphatic carbocycles. The van der Waals surface area contributed by atoms with E-state index >= 15 is 0 Å². The van der Waals surface area contributed by atoms with Gasteiger partial charge in [-0.2, -0.15) is 8.78 Å². The molecule has 1 aromatic heterocycles. The van der Waals surface area contributed by atoms with Gasteiger partial charge in [0.15, 0.2) is 0 Å². The van der Waals surface area contributed by atoms with Crippen LogP contribution in [-0.4, -0.2) is 4.98 Å². The van der Waals surface area contributed by atoms with Crippen LogP contribution in [0.25, 0.3) is 0 Å². The van der Waals surface area contributed by atoms with Gasteiger partial charge in [0.25, 0.3) is 5.92 Å². The summed E-state index contributed by atoms with van der Waals surface area (Å²) in [6.45, 7) is 4.34. The Morgan fingerprint density at radius 1 is 1.55 bits per heavy atom. The predicted octanol–water partition coefficient (Wildman–Crippen LogP) is 2.38. The van der Waals surface area contributed by atoms with Gasteiger partial charge < -0.3 is 0 Å². The molecule has 0 bridgehead atoms. The number of halogens is 2. The zero-order valence-corrected chi connectivity index (χ0v) is 6.14. The molecule has 59 valence electrons. The molecule has 1 nitrogen and oxygen atoms in total. The van der Waals surface area contributed by atoms with Gasteiger partial charge in [-0.3, -0.25) is 4.98 Å². The van der Waals surface area contributed by atoms with Gasteiger partial charge in [-0.15, -0.1) is 0 Å². The summed E-state index contributed by atoms with van der Waals surface area (Å²) in [5.41, 5.74) is 0.321. The predicted molar refractivity (Wildman–Crippen MR) is 38.3 cm³/mol. The highest BCUT2D eigenvalue weighted by molar-refractivity contribution is 5.21. The molecule has 0 aromatic carbocycles. The topological polar surface area (TPSA) is 12.9 Å². The lowest BCUT2D eigenvalue weighted by Gasteiger charge is -2.08. The first kappa shape index (κ1) is 8.11. The zero-order valence-electron chi connectivity index (χ0n) is 6.14. The summed E-state index contributed by atoms with van der Waals surface area (Å²) in [6, 6.07) is 2.86. The molecular weight excluding hydrogens is 148 g/mol. The van der Waals surface area contributed by atoms with Crippen molar-refractivity contribution in [3.63, 3.8) is 0 Å². The Labute approximate surface area is 64.1 Å². The van der Waals surface area contributed by atoms with Crippen LogP contribution in [0.4, 0.5) is 8.78 Å². The van der Waals surface area contributed by atoms with Crippen molar-refractivity contribution < 1.29 is 8.78 Å². The fourth-order valence-electron chi connectivity index (χ4n) is 0.714. The van der Waals surface area contributed by atoms with Crippen LogP contribution in [-0.2, 0) is 5.92 Å². The average Bonchev–Trinajstić information content (AvgIpc) is 1.86. The Kier molecular flexibility index (Phi) is 1.89. The molecule has 0 unspecified atom stereocenters. The molecule has 0 fully saturated rings. The van der Waals surface area contributed by atoms with Gasteiger partial charge in [0.05, 0.1) is 0 Å². The summed E-state index contributed by atoms with van der Waals surface area (Å²) < 4.78 is 25.1. The van der Waals surface area contributed by atoms with E-state index in [9.17, 15) is 8.78 Å². The van der Waals surface area contributed by atoms with E-state index in [0.717, 1.165) is 6.92 Å². The molecule has 1 heterocycles. The molecule has 3 heteroatoms. The number of aromatic nitrogens is 1. The lowest BCUT2D eigenvalue weighted by Crippen LogP contribution is -2.09. The summed E-state index contributed by atoms with van der Waals surface area (Å²) in [7, 11) is 0. The normalized spacial score (nSPS) is 11.6. The van der Waals surface area contributed by atoms with Crippen molar-refractivity contribution in [1.29, 1.82) is 0 Å². The fraction of sp³-hybridized carbons (Fsp3) is 0.250. The molecular formula is C8H8F2N. The summed E-state index contributed by atoms with van der Waals surface area (Å²) in [5, 5.41) is 0. The Hall–Kier alpha value is -0.990. The van der Waals surface area contributed by atoms with Crippen molar-refractivity contribution in [1.82, 2.24) is 4.98 Å². The van der Waals surface area contributed by atoms with Crippen LogP contribution >= 0.6 is 0 Å². The van der Waals surface area contributed by atoms with Crippen LogP contribution in [0.15, 0.2) is 18.3 Å². The lowest BCUT2D eigenvalue weighted by atomic mass is 10.2. The fourth-order valence-corrected chi connectivity index (χ4v) is 0.714. The molecule has 0 spiro atoms. The second-order valence-electron chi connectivity index (χ2n) is 2.44. The van der Waals surface area contributed by atoms with E-state index in [4.69, 9.17) is 0 Å². The van der Waals surface area contributed by atoms with Crippen LogP contribution in [0, 0.1) is 6.92 Å². The highest BCUT2D eigenvalue weighted by Crippen LogP contribution is 2.24. The van der Waals surface area contributed by atoms with E-state index < -0.39 is 5.92 Å². The van der Waals surface area contributed by atoms with E-state index in [2.05, 4.69) is 11.9 Å². The number of nitrogens with zero attached hydrogens (tertiary/aromatic N) is 1. The smallest absolute Gasteiger partial charge is 0.255 e. The number of alkyl halides is 2. The summed E-state index contributed by atoms with van der Waals surface area (Å²) >= 11 is 0. The van der Waals surface area contributed by atoms with Gasteiger partial charge in [-0.05, 0) is 24.6 Å².